The van der Waals surface area contributed by atoms with Gasteiger partial charge in [0.15, 0.2) is 0 Å². The van der Waals surface area contributed by atoms with E-state index in [4.69, 9.17) is 4.98 Å². The Bertz CT molecular complexity index is 513. The molecule has 2 rings (SSSR count). The Hall–Kier alpha value is -1.06. The third-order valence-electron chi connectivity index (χ3n) is 3.02. The molecule has 0 saturated carbocycles. The normalized spacial score (nSPS) is 11.7. The van der Waals surface area contributed by atoms with E-state index in [0.717, 1.165) is 17.8 Å². The lowest BCUT2D eigenvalue weighted by molar-refractivity contribution is 0.583. The second kappa shape index (κ2) is 7.09. The summed E-state index contributed by atoms with van der Waals surface area (Å²) in [6, 6.07) is 11.1. The minimum absolute atomic E-state index is 0.490. The molecule has 1 aromatic heterocycles. The molecule has 0 spiro atoms. The molecular formula is C17H24N2S. The molecule has 0 saturated heterocycles. The predicted octanol–water partition coefficient (Wildman–Crippen LogP) is 4.48. The van der Waals surface area contributed by atoms with E-state index in [-0.39, 0.29) is 0 Å². The monoisotopic (exact) mass is 288 g/mol. The van der Waals surface area contributed by atoms with Crippen molar-refractivity contribution in [1.29, 1.82) is 0 Å². The smallest absolute Gasteiger partial charge is 0.101 e. The molecule has 0 bridgehead atoms. The summed E-state index contributed by atoms with van der Waals surface area (Å²) in [4.78, 5) is 4.85. The minimum Gasteiger partial charge on any atom is -0.310 e. The lowest BCUT2D eigenvalue weighted by Gasteiger charge is -2.14. The lowest BCUT2D eigenvalue weighted by atomic mass is 10.1. The highest BCUT2D eigenvalue weighted by Crippen LogP contribution is 2.26. The fraction of sp³-hybridized carbons (Fsp3) is 0.471. The Morgan fingerprint density at radius 1 is 1.15 bits per heavy atom. The number of rotatable bonds is 6. The molecule has 0 unspecified atom stereocenters. The topological polar surface area (TPSA) is 24.9 Å². The zero-order chi connectivity index (χ0) is 14.5. The largest absolute Gasteiger partial charge is 0.310 e. The zero-order valence-corrected chi connectivity index (χ0v) is 13.6. The first kappa shape index (κ1) is 15.3. The first-order valence-electron chi connectivity index (χ1n) is 7.31. The summed E-state index contributed by atoms with van der Waals surface area (Å²) in [7, 11) is 0. The molecular weight excluding hydrogens is 264 g/mol. The Balaban J connectivity index is 2.31. The first-order valence-corrected chi connectivity index (χ1v) is 8.29. The number of hydrogen-bond acceptors (Lipinski definition) is 3. The summed E-state index contributed by atoms with van der Waals surface area (Å²) in [6.07, 6.45) is 0. The molecule has 0 amide bonds. The van der Waals surface area contributed by atoms with E-state index in [1.807, 2.05) is 11.8 Å². The van der Waals surface area contributed by atoms with Crippen molar-refractivity contribution in [3.8, 4) is 0 Å². The Labute approximate surface area is 126 Å². The number of hydrogen-bond donors (Lipinski definition) is 1. The summed E-state index contributed by atoms with van der Waals surface area (Å²) in [5, 5.41) is 5.90. The van der Waals surface area contributed by atoms with Crippen LogP contribution in [0.2, 0.25) is 0 Å². The van der Waals surface area contributed by atoms with Crippen LogP contribution < -0.4 is 5.32 Å². The molecule has 20 heavy (non-hydrogen) atoms. The zero-order valence-electron chi connectivity index (χ0n) is 12.8. The summed E-state index contributed by atoms with van der Waals surface area (Å²) in [5.41, 5.74) is 2.40. The molecule has 1 aromatic carbocycles. The van der Waals surface area contributed by atoms with Crippen LogP contribution in [-0.4, -0.2) is 16.8 Å². The van der Waals surface area contributed by atoms with Crippen LogP contribution in [0.4, 0.5) is 0 Å². The van der Waals surface area contributed by atoms with Crippen LogP contribution in [0.5, 0.6) is 0 Å². The van der Waals surface area contributed by atoms with Crippen LogP contribution in [0.15, 0.2) is 35.4 Å². The van der Waals surface area contributed by atoms with E-state index in [1.54, 1.807) is 0 Å². The number of pyridine rings is 1. The van der Waals surface area contributed by atoms with Crippen LogP contribution >= 0.6 is 11.8 Å². The highest BCUT2D eigenvalue weighted by Gasteiger charge is 2.09. The van der Waals surface area contributed by atoms with Crippen molar-refractivity contribution < 1.29 is 0 Å². The van der Waals surface area contributed by atoms with Gasteiger partial charge in [-0.15, -0.1) is 11.8 Å². The van der Waals surface area contributed by atoms with Gasteiger partial charge in [-0.3, -0.25) is 0 Å². The van der Waals surface area contributed by atoms with Gasteiger partial charge in [-0.05, 0) is 23.6 Å². The highest BCUT2D eigenvalue weighted by molar-refractivity contribution is 7.99. The predicted molar refractivity (Wildman–Crippen MR) is 89.3 cm³/mol. The first-order chi connectivity index (χ1) is 9.56. The number of thioether (sulfide) groups is 1. The Morgan fingerprint density at radius 2 is 1.90 bits per heavy atom. The molecule has 0 radical (unpaired) electrons. The van der Waals surface area contributed by atoms with Gasteiger partial charge in [-0.25, -0.2) is 4.98 Å². The van der Waals surface area contributed by atoms with Crippen molar-refractivity contribution in [2.45, 2.75) is 45.3 Å². The van der Waals surface area contributed by atoms with Gasteiger partial charge in [0, 0.05) is 23.7 Å². The quantitative estimate of drug-likeness (QED) is 0.793. The van der Waals surface area contributed by atoms with E-state index in [2.05, 4.69) is 63.3 Å². The van der Waals surface area contributed by atoms with E-state index in [1.165, 1.54) is 16.0 Å². The minimum atomic E-state index is 0.490. The molecule has 0 aliphatic carbocycles. The van der Waals surface area contributed by atoms with Crippen molar-refractivity contribution in [2.24, 2.45) is 5.92 Å². The maximum absolute atomic E-state index is 4.85. The molecule has 0 aliphatic heterocycles. The van der Waals surface area contributed by atoms with Gasteiger partial charge in [-0.1, -0.05) is 45.9 Å². The molecule has 3 heteroatoms. The summed E-state index contributed by atoms with van der Waals surface area (Å²) in [6.45, 7) is 9.74. The van der Waals surface area contributed by atoms with E-state index in [9.17, 15) is 0 Å². The van der Waals surface area contributed by atoms with Crippen LogP contribution in [0.3, 0.4) is 0 Å². The molecule has 1 N–H and O–H groups in total. The second-order valence-electron chi connectivity index (χ2n) is 5.89. The van der Waals surface area contributed by atoms with Crippen LogP contribution in [0.1, 0.15) is 33.3 Å². The SMILES string of the molecule is CC(C)CSc1nc2ccccc2cc1CNC(C)C. The average molecular weight is 288 g/mol. The van der Waals surface area contributed by atoms with Crippen molar-refractivity contribution in [3.05, 3.63) is 35.9 Å². The number of fused-ring (bicyclic) bond motifs is 1. The maximum atomic E-state index is 4.85. The molecule has 0 atom stereocenters. The Kier molecular flexibility index (Phi) is 5.44. The second-order valence-corrected chi connectivity index (χ2v) is 6.89. The van der Waals surface area contributed by atoms with E-state index >= 15 is 0 Å². The van der Waals surface area contributed by atoms with E-state index in [0.29, 0.717) is 12.0 Å². The van der Waals surface area contributed by atoms with Crippen molar-refractivity contribution in [1.82, 2.24) is 10.3 Å². The van der Waals surface area contributed by atoms with Gasteiger partial charge in [0.1, 0.15) is 5.03 Å². The van der Waals surface area contributed by atoms with Gasteiger partial charge >= 0.3 is 0 Å². The number of nitrogens with one attached hydrogen (secondary N) is 1. The van der Waals surface area contributed by atoms with Gasteiger partial charge in [0.25, 0.3) is 0 Å². The highest BCUT2D eigenvalue weighted by atomic mass is 32.2. The molecule has 2 aromatic rings. The average Bonchev–Trinajstić information content (AvgIpc) is 2.42. The lowest BCUT2D eigenvalue weighted by Crippen LogP contribution is -2.22. The molecule has 1 heterocycles. The van der Waals surface area contributed by atoms with Gasteiger partial charge in [-0.2, -0.15) is 0 Å². The molecule has 2 nitrogen and oxygen atoms in total. The molecule has 0 aliphatic rings. The third-order valence-corrected chi connectivity index (χ3v) is 4.48. The fourth-order valence-corrected chi connectivity index (χ4v) is 2.92. The summed E-state index contributed by atoms with van der Waals surface area (Å²) < 4.78 is 0. The van der Waals surface area contributed by atoms with Crippen molar-refractivity contribution in [3.63, 3.8) is 0 Å². The van der Waals surface area contributed by atoms with Crippen molar-refractivity contribution >= 4 is 22.7 Å². The van der Waals surface area contributed by atoms with Gasteiger partial charge in [0.2, 0.25) is 0 Å². The van der Waals surface area contributed by atoms with Gasteiger partial charge < -0.3 is 5.32 Å². The summed E-state index contributed by atoms with van der Waals surface area (Å²) in [5.74, 6) is 1.79. The summed E-state index contributed by atoms with van der Waals surface area (Å²) >= 11 is 1.87. The molecule has 108 valence electrons. The standard InChI is InChI=1S/C17H24N2S/c1-12(2)11-20-17-15(10-18-13(3)4)9-14-7-5-6-8-16(14)19-17/h5-9,12-13,18H,10-11H2,1-4H3. The van der Waals surface area contributed by atoms with Crippen LogP contribution in [0, 0.1) is 5.92 Å². The third kappa shape index (κ3) is 4.22. The number of para-hydroxylation sites is 1. The van der Waals surface area contributed by atoms with Crippen molar-refractivity contribution in [2.75, 3.05) is 5.75 Å². The van der Waals surface area contributed by atoms with Gasteiger partial charge in [0.05, 0.1) is 5.52 Å². The number of benzene rings is 1. The van der Waals surface area contributed by atoms with Crippen LogP contribution in [0.25, 0.3) is 10.9 Å². The number of aromatic nitrogens is 1. The Morgan fingerprint density at radius 3 is 2.60 bits per heavy atom. The molecule has 0 fully saturated rings. The van der Waals surface area contributed by atoms with E-state index < -0.39 is 0 Å². The maximum Gasteiger partial charge on any atom is 0.101 e. The number of nitrogens with zero attached hydrogens (tertiary/aromatic N) is 1. The fourth-order valence-electron chi connectivity index (χ4n) is 1.95. The van der Waals surface area contributed by atoms with Crippen LogP contribution in [-0.2, 0) is 6.54 Å².